The normalized spacial score (nSPS) is 15.4. The first-order valence-corrected chi connectivity index (χ1v) is 12.7. The van der Waals surface area contributed by atoms with E-state index in [1.54, 1.807) is 0 Å². The fourth-order valence-corrected chi connectivity index (χ4v) is 4.30. The highest BCUT2D eigenvalue weighted by molar-refractivity contribution is 5.88. The third-order valence-corrected chi connectivity index (χ3v) is 6.33. The van der Waals surface area contributed by atoms with Crippen LogP contribution in [0.3, 0.4) is 0 Å². The van der Waals surface area contributed by atoms with Crippen molar-refractivity contribution in [2.45, 2.75) is 51.5 Å². The number of rotatable bonds is 12. The summed E-state index contributed by atoms with van der Waals surface area (Å²) in [6.45, 7) is 6.10. The first-order valence-electron chi connectivity index (χ1n) is 12.7. The van der Waals surface area contributed by atoms with Gasteiger partial charge in [-0.3, -0.25) is 14.5 Å². The lowest BCUT2D eigenvalue weighted by Crippen LogP contribution is -2.55. The number of carbonyl (C=O) groups is 2. The summed E-state index contributed by atoms with van der Waals surface area (Å²) >= 11 is 0. The Kier molecular flexibility index (Phi) is 10.9. The van der Waals surface area contributed by atoms with E-state index in [1.165, 1.54) is 5.56 Å². The molecule has 0 radical (unpaired) electrons. The Morgan fingerprint density at radius 2 is 1.59 bits per heavy atom. The maximum absolute atomic E-state index is 13.4. The lowest BCUT2D eigenvalue weighted by Gasteiger charge is -2.36. The first kappa shape index (κ1) is 25.7. The van der Waals surface area contributed by atoms with E-state index in [2.05, 4.69) is 41.4 Å². The zero-order valence-corrected chi connectivity index (χ0v) is 20.5. The highest BCUT2D eigenvalue weighted by Gasteiger charge is 2.28. The van der Waals surface area contributed by atoms with Gasteiger partial charge in [0.1, 0.15) is 6.04 Å². The summed E-state index contributed by atoms with van der Waals surface area (Å²) < 4.78 is 0. The van der Waals surface area contributed by atoms with Crippen LogP contribution in [0.25, 0.3) is 6.08 Å². The van der Waals surface area contributed by atoms with Crippen molar-refractivity contribution in [1.82, 2.24) is 15.1 Å². The molecule has 0 spiro atoms. The van der Waals surface area contributed by atoms with E-state index in [1.807, 2.05) is 53.4 Å². The maximum atomic E-state index is 13.4. The van der Waals surface area contributed by atoms with Crippen LogP contribution >= 0.6 is 0 Å². The van der Waals surface area contributed by atoms with Gasteiger partial charge in [0.25, 0.3) is 0 Å². The number of nitrogens with one attached hydrogen (secondary N) is 1. The molecule has 2 aromatic carbocycles. The number of piperazine rings is 1. The molecule has 1 aliphatic heterocycles. The van der Waals surface area contributed by atoms with Crippen LogP contribution in [-0.4, -0.2) is 60.4 Å². The van der Waals surface area contributed by atoms with Crippen LogP contribution < -0.4 is 5.32 Å². The van der Waals surface area contributed by atoms with Crippen LogP contribution in [0.2, 0.25) is 0 Å². The van der Waals surface area contributed by atoms with E-state index in [-0.39, 0.29) is 11.8 Å². The van der Waals surface area contributed by atoms with E-state index >= 15 is 0 Å². The van der Waals surface area contributed by atoms with Gasteiger partial charge in [-0.15, -0.1) is 0 Å². The van der Waals surface area contributed by atoms with Gasteiger partial charge in [0.2, 0.25) is 11.8 Å². The largest absolute Gasteiger partial charge is 0.344 e. The Morgan fingerprint density at radius 1 is 0.912 bits per heavy atom. The zero-order chi connectivity index (χ0) is 24.0. The molecule has 1 saturated heterocycles. The molecular weight excluding hydrogens is 422 g/mol. The molecule has 1 fully saturated rings. The monoisotopic (exact) mass is 461 g/mol. The first-order chi connectivity index (χ1) is 16.7. The Balaban J connectivity index is 1.52. The van der Waals surface area contributed by atoms with E-state index in [9.17, 15) is 9.59 Å². The fourth-order valence-electron chi connectivity index (χ4n) is 4.30. The summed E-state index contributed by atoms with van der Waals surface area (Å²) in [7, 11) is 0. The maximum Gasteiger partial charge on any atom is 0.245 e. The third kappa shape index (κ3) is 8.79. The van der Waals surface area contributed by atoms with Gasteiger partial charge in [0, 0.05) is 45.6 Å². The van der Waals surface area contributed by atoms with Crippen LogP contribution in [0.1, 0.15) is 50.2 Å². The van der Waals surface area contributed by atoms with E-state index < -0.39 is 6.04 Å². The van der Waals surface area contributed by atoms with Gasteiger partial charge in [-0.1, -0.05) is 99.0 Å². The predicted octanol–water partition coefficient (Wildman–Crippen LogP) is 4.54. The lowest BCUT2D eigenvalue weighted by atomic mass is 10.0. The van der Waals surface area contributed by atoms with Crippen molar-refractivity contribution in [2.24, 2.45) is 0 Å². The molecule has 0 bridgehead atoms. The van der Waals surface area contributed by atoms with Gasteiger partial charge in [0.15, 0.2) is 0 Å². The summed E-state index contributed by atoms with van der Waals surface area (Å²) in [5.74, 6) is 0.0142. The molecule has 182 valence electrons. The number of hydrogen-bond acceptors (Lipinski definition) is 3. The second-order valence-corrected chi connectivity index (χ2v) is 9.06. The quantitative estimate of drug-likeness (QED) is 0.472. The molecule has 0 aromatic heterocycles. The lowest BCUT2D eigenvalue weighted by molar-refractivity contribution is -0.137. The number of carbonyl (C=O) groups excluding carboxylic acids is 2. The van der Waals surface area contributed by atoms with Crippen molar-refractivity contribution in [3.63, 3.8) is 0 Å². The second-order valence-electron chi connectivity index (χ2n) is 9.06. The van der Waals surface area contributed by atoms with Crippen molar-refractivity contribution in [3.8, 4) is 0 Å². The van der Waals surface area contributed by atoms with Gasteiger partial charge >= 0.3 is 0 Å². The fraction of sp³-hybridized carbons (Fsp3) is 0.448. The van der Waals surface area contributed by atoms with Gasteiger partial charge in [0.05, 0.1) is 0 Å². The molecule has 5 nitrogen and oxygen atoms in total. The van der Waals surface area contributed by atoms with Crippen molar-refractivity contribution in [2.75, 3.05) is 32.7 Å². The molecule has 2 amide bonds. The van der Waals surface area contributed by atoms with Gasteiger partial charge in [-0.25, -0.2) is 0 Å². The molecular formula is C29H39N3O2. The van der Waals surface area contributed by atoms with Gasteiger partial charge in [-0.2, -0.15) is 0 Å². The van der Waals surface area contributed by atoms with Crippen molar-refractivity contribution in [3.05, 3.63) is 77.9 Å². The number of hydrogen-bond donors (Lipinski definition) is 1. The molecule has 0 aliphatic carbocycles. The molecule has 1 aliphatic rings. The van der Waals surface area contributed by atoms with Gasteiger partial charge in [-0.05, 0) is 17.5 Å². The molecule has 34 heavy (non-hydrogen) atoms. The molecule has 2 aromatic rings. The van der Waals surface area contributed by atoms with E-state index in [0.717, 1.165) is 50.9 Å². The average molecular weight is 462 g/mol. The van der Waals surface area contributed by atoms with Crippen LogP contribution in [0.15, 0.2) is 66.7 Å². The Bertz CT molecular complexity index is 890. The summed E-state index contributed by atoms with van der Waals surface area (Å²) in [6, 6.07) is 19.7. The summed E-state index contributed by atoms with van der Waals surface area (Å²) in [5.41, 5.74) is 2.27. The van der Waals surface area contributed by atoms with E-state index in [0.29, 0.717) is 25.9 Å². The minimum Gasteiger partial charge on any atom is -0.344 e. The SMILES string of the molecule is CCCCCCC(=O)NC(Cc1ccccc1)C(=O)N1CCN(C/C=C/c2ccccc2)CC1. The number of amides is 2. The number of unbranched alkanes of at least 4 members (excludes halogenated alkanes) is 3. The standard InChI is InChI=1S/C29H39N3O2/c1-2-3-4-11-18-28(33)30-27(24-26-15-9-6-10-16-26)29(34)32-22-20-31(21-23-32)19-12-17-25-13-7-5-8-14-25/h5-10,12-17,27H,2-4,11,18-24H2,1H3,(H,30,33)/b17-12+. The molecule has 5 heteroatoms. The van der Waals surface area contributed by atoms with Crippen LogP contribution in [0.4, 0.5) is 0 Å². The molecule has 1 unspecified atom stereocenters. The second kappa shape index (κ2) is 14.4. The number of benzene rings is 2. The van der Waals surface area contributed by atoms with Gasteiger partial charge < -0.3 is 10.2 Å². The van der Waals surface area contributed by atoms with E-state index in [4.69, 9.17) is 0 Å². The predicted molar refractivity (Wildman–Crippen MR) is 139 cm³/mol. The van der Waals surface area contributed by atoms with Crippen LogP contribution in [0.5, 0.6) is 0 Å². The summed E-state index contributed by atoms with van der Waals surface area (Å²) in [4.78, 5) is 30.3. The zero-order valence-electron chi connectivity index (χ0n) is 20.5. The number of nitrogens with zero attached hydrogens (tertiary/aromatic N) is 2. The van der Waals surface area contributed by atoms with Crippen LogP contribution in [0, 0.1) is 0 Å². The topological polar surface area (TPSA) is 52.7 Å². The average Bonchev–Trinajstić information content (AvgIpc) is 2.87. The van der Waals surface area contributed by atoms with Crippen molar-refractivity contribution >= 4 is 17.9 Å². The summed E-state index contributed by atoms with van der Waals surface area (Å²) in [5, 5.41) is 3.05. The molecule has 0 saturated carbocycles. The minimum absolute atomic E-state index is 0.0185. The van der Waals surface area contributed by atoms with Crippen molar-refractivity contribution < 1.29 is 9.59 Å². The molecule has 1 heterocycles. The minimum atomic E-state index is -0.509. The molecule has 1 atom stereocenters. The Hall–Kier alpha value is -2.92. The third-order valence-electron chi connectivity index (χ3n) is 6.33. The smallest absolute Gasteiger partial charge is 0.245 e. The Morgan fingerprint density at radius 3 is 2.26 bits per heavy atom. The summed E-state index contributed by atoms with van der Waals surface area (Å²) in [6.07, 6.45) is 9.56. The van der Waals surface area contributed by atoms with Crippen LogP contribution in [-0.2, 0) is 16.0 Å². The molecule has 3 rings (SSSR count). The molecule has 1 N–H and O–H groups in total. The Labute approximate surface area is 204 Å². The highest BCUT2D eigenvalue weighted by atomic mass is 16.2. The van der Waals surface area contributed by atoms with Crippen molar-refractivity contribution in [1.29, 1.82) is 0 Å². The highest BCUT2D eigenvalue weighted by Crippen LogP contribution is 2.11.